The summed E-state index contributed by atoms with van der Waals surface area (Å²) in [7, 11) is 1.50. The third kappa shape index (κ3) is 5.69. The van der Waals surface area contributed by atoms with E-state index >= 15 is 0 Å². The largest absolute Gasteiger partial charge is 0.493 e. The average Bonchev–Trinajstić information content (AvgIpc) is 2.79. The lowest BCUT2D eigenvalue weighted by Crippen LogP contribution is -2.29. The van der Waals surface area contributed by atoms with Crippen molar-refractivity contribution in [3.63, 3.8) is 0 Å². The topological polar surface area (TPSA) is 100 Å². The Hall–Kier alpha value is -3.68. The molecule has 8 nitrogen and oxygen atoms in total. The zero-order valence-electron chi connectivity index (χ0n) is 17.6. The van der Waals surface area contributed by atoms with E-state index in [0.717, 1.165) is 11.1 Å². The van der Waals surface area contributed by atoms with Crippen LogP contribution in [0.2, 0.25) is 0 Å². The quantitative estimate of drug-likeness (QED) is 0.618. The summed E-state index contributed by atoms with van der Waals surface area (Å²) >= 11 is 0. The lowest BCUT2D eigenvalue weighted by molar-refractivity contribution is -0.126. The summed E-state index contributed by atoms with van der Waals surface area (Å²) in [4.78, 5) is 25.4. The summed E-state index contributed by atoms with van der Waals surface area (Å²) in [5, 5.41) is 0. The van der Waals surface area contributed by atoms with E-state index in [9.17, 15) is 9.59 Å². The molecule has 0 saturated carbocycles. The first-order valence-corrected chi connectivity index (χ1v) is 9.95. The Morgan fingerprint density at radius 1 is 1.16 bits per heavy atom. The fourth-order valence-electron chi connectivity index (χ4n) is 3.14. The Kier molecular flexibility index (Phi) is 7.37. The molecule has 0 unspecified atom stereocenters. The molecule has 1 aliphatic rings. The monoisotopic (exact) mass is 426 g/mol. The standard InChI is InChI=1S/C23H26N2O6/c1-3-25(14-17-5-4-6-19-23(17)30-12-11-29-19)22(27)10-8-16-7-9-18(20(13-16)28-2)31-15-21(24)26/h4-10,13H,3,11-12,14-15H2,1-2H3,(H2,24,26)/b10-8+. The maximum atomic E-state index is 12.8. The van der Waals surface area contributed by atoms with Crippen molar-refractivity contribution in [2.24, 2.45) is 5.73 Å². The predicted molar refractivity (Wildman–Crippen MR) is 115 cm³/mol. The van der Waals surface area contributed by atoms with Gasteiger partial charge in [-0.2, -0.15) is 0 Å². The van der Waals surface area contributed by atoms with Crippen molar-refractivity contribution in [2.75, 3.05) is 33.5 Å². The fourth-order valence-corrected chi connectivity index (χ4v) is 3.14. The Balaban J connectivity index is 1.70. The van der Waals surface area contributed by atoms with E-state index in [1.165, 1.54) is 13.2 Å². The van der Waals surface area contributed by atoms with Crippen LogP contribution >= 0.6 is 0 Å². The number of rotatable bonds is 9. The second-order valence-corrected chi connectivity index (χ2v) is 6.79. The van der Waals surface area contributed by atoms with E-state index in [4.69, 9.17) is 24.7 Å². The molecule has 0 radical (unpaired) electrons. The molecule has 0 fully saturated rings. The fraction of sp³-hybridized carbons (Fsp3) is 0.304. The highest BCUT2D eigenvalue weighted by atomic mass is 16.6. The minimum Gasteiger partial charge on any atom is -0.493 e. The molecule has 2 amide bonds. The summed E-state index contributed by atoms with van der Waals surface area (Å²) in [6, 6.07) is 10.8. The Bertz CT molecular complexity index is 973. The molecule has 0 aliphatic carbocycles. The first kappa shape index (κ1) is 22.0. The number of ether oxygens (including phenoxy) is 4. The summed E-state index contributed by atoms with van der Waals surface area (Å²) in [5.74, 6) is 1.53. The first-order valence-electron chi connectivity index (χ1n) is 9.95. The number of para-hydroxylation sites is 1. The van der Waals surface area contributed by atoms with Crippen LogP contribution < -0.4 is 24.7 Å². The predicted octanol–water partition coefficient (Wildman–Crippen LogP) is 2.39. The lowest BCUT2D eigenvalue weighted by Gasteiger charge is -2.24. The number of benzene rings is 2. The van der Waals surface area contributed by atoms with Gasteiger partial charge in [0.25, 0.3) is 5.91 Å². The minimum absolute atomic E-state index is 0.134. The number of likely N-dealkylation sites (N-methyl/N-ethyl adjacent to an activating group) is 1. The van der Waals surface area contributed by atoms with E-state index in [1.54, 1.807) is 29.2 Å². The van der Waals surface area contributed by atoms with Crippen molar-refractivity contribution >= 4 is 17.9 Å². The summed E-state index contributed by atoms with van der Waals surface area (Å²) < 4.78 is 22.0. The molecule has 3 rings (SSSR count). The second kappa shape index (κ2) is 10.4. The molecule has 0 saturated heterocycles. The van der Waals surface area contributed by atoms with Gasteiger partial charge in [0.15, 0.2) is 29.6 Å². The first-order chi connectivity index (χ1) is 15.0. The lowest BCUT2D eigenvalue weighted by atomic mass is 10.1. The third-order valence-corrected chi connectivity index (χ3v) is 4.68. The number of fused-ring (bicyclic) bond motifs is 1. The number of primary amides is 1. The Labute approximate surface area is 181 Å². The van der Waals surface area contributed by atoms with Crippen LogP contribution in [0.5, 0.6) is 23.0 Å². The molecule has 0 atom stereocenters. The highest BCUT2D eigenvalue weighted by Gasteiger charge is 2.18. The molecule has 0 spiro atoms. The molecule has 0 bridgehead atoms. The molecule has 2 aromatic rings. The maximum Gasteiger partial charge on any atom is 0.255 e. The third-order valence-electron chi connectivity index (χ3n) is 4.68. The number of hydrogen-bond donors (Lipinski definition) is 1. The maximum absolute atomic E-state index is 12.8. The number of nitrogens with zero attached hydrogens (tertiary/aromatic N) is 1. The zero-order chi connectivity index (χ0) is 22.2. The van der Waals surface area contributed by atoms with Gasteiger partial charge < -0.3 is 29.6 Å². The van der Waals surface area contributed by atoms with Crippen LogP contribution in [0.1, 0.15) is 18.1 Å². The Morgan fingerprint density at radius 3 is 2.71 bits per heavy atom. The minimum atomic E-state index is -0.576. The molecule has 31 heavy (non-hydrogen) atoms. The smallest absolute Gasteiger partial charge is 0.255 e. The zero-order valence-corrected chi connectivity index (χ0v) is 17.6. The van der Waals surface area contributed by atoms with Gasteiger partial charge >= 0.3 is 0 Å². The molecule has 2 N–H and O–H groups in total. The highest BCUT2D eigenvalue weighted by Crippen LogP contribution is 2.34. The van der Waals surface area contributed by atoms with Crippen LogP contribution in [0, 0.1) is 0 Å². The molecule has 8 heteroatoms. The van der Waals surface area contributed by atoms with Gasteiger partial charge in [-0.3, -0.25) is 9.59 Å². The van der Waals surface area contributed by atoms with Gasteiger partial charge in [-0.05, 0) is 36.8 Å². The van der Waals surface area contributed by atoms with Crippen molar-refractivity contribution in [1.82, 2.24) is 4.90 Å². The van der Waals surface area contributed by atoms with E-state index in [2.05, 4.69) is 0 Å². The van der Waals surface area contributed by atoms with Crippen LogP contribution in [0.3, 0.4) is 0 Å². The number of carbonyl (C=O) groups excluding carboxylic acids is 2. The van der Waals surface area contributed by atoms with Gasteiger partial charge in [-0.25, -0.2) is 0 Å². The van der Waals surface area contributed by atoms with E-state index in [1.807, 2.05) is 25.1 Å². The number of hydrogen-bond acceptors (Lipinski definition) is 6. The van der Waals surface area contributed by atoms with Crippen LogP contribution in [0.4, 0.5) is 0 Å². The van der Waals surface area contributed by atoms with E-state index in [0.29, 0.717) is 49.3 Å². The molecule has 164 valence electrons. The number of carbonyl (C=O) groups is 2. The van der Waals surface area contributed by atoms with E-state index < -0.39 is 5.91 Å². The van der Waals surface area contributed by atoms with Gasteiger partial charge in [0.1, 0.15) is 13.2 Å². The molecular weight excluding hydrogens is 400 g/mol. The van der Waals surface area contributed by atoms with Crippen molar-refractivity contribution in [3.8, 4) is 23.0 Å². The second-order valence-electron chi connectivity index (χ2n) is 6.79. The molecule has 2 aromatic carbocycles. The van der Waals surface area contributed by atoms with Crippen molar-refractivity contribution in [1.29, 1.82) is 0 Å². The van der Waals surface area contributed by atoms with Crippen molar-refractivity contribution < 1.29 is 28.5 Å². The summed E-state index contributed by atoms with van der Waals surface area (Å²) in [6.07, 6.45) is 3.21. The number of methoxy groups -OCH3 is 1. The molecule has 0 aromatic heterocycles. The van der Waals surface area contributed by atoms with Crippen LogP contribution in [0.15, 0.2) is 42.5 Å². The van der Waals surface area contributed by atoms with Gasteiger partial charge in [0.05, 0.1) is 7.11 Å². The SMILES string of the molecule is CCN(Cc1cccc2c1OCCO2)C(=O)/C=C/c1ccc(OCC(N)=O)c(OC)c1. The highest BCUT2D eigenvalue weighted by molar-refractivity contribution is 5.92. The normalized spacial score (nSPS) is 12.5. The Morgan fingerprint density at radius 2 is 1.97 bits per heavy atom. The average molecular weight is 426 g/mol. The van der Waals surface area contributed by atoms with Gasteiger partial charge in [0.2, 0.25) is 5.91 Å². The van der Waals surface area contributed by atoms with Gasteiger partial charge in [-0.1, -0.05) is 18.2 Å². The van der Waals surface area contributed by atoms with Crippen molar-refractivity contribution in [2.45, 2.75) is 13.5 Å². The summed E-state index contributed by atoms with van der Waals surface area (Å²) in [5.41, 5.74) is 6.76. The molecule has 1 heterocycles. The van der Waals surface area contributed by atoms with E-state index in [-0.39, 0.29) is 12.5 Å². The van der Waals surface area contributed by atoms with Gasteiger partial charge in [-0.15, -0.1) is 0 Å². The van der Waals surface area contributed by atoms with Crippen LogP contribution in [-0.2, 0) is 16.1 Å². The number of amides is 2. The molecular formula is C23H26N2O6. The van der Waals surface area contributed by atoms with Crippen molar-refractivity contribution in [3.05, 3.63) is 53.6 Å². The van der Waals surface area contributed by atoms with Crippen LogP contribution in [0.25, 0.3) is 6.08 Å². The molecule has 1 aliphatic heterocycles. The van der Waals surface area contributed by atoms with Crippen LogP contribution in [-0.4, -0.2) is 50.2 Å². The van der Waals surface area contributed by atoms with Gasteiger partial charge in [0, 0.05) is 24.7 Å². The summed E-state index contributed by atoms with van der Waals surface area (Å²) in [6.45, 7) is 3.64. The number of nitrogens with two attached hydrogens (primary N) is 1.